The first kappa shape index (κ1) is 11.4. The van der Waals surface area contributed by atoms with E-state index >= 15 is 0 Å². The van der Waals surface area contributed by atoms with Gasteiger partial charge in [0.1, 0.15) is 11.9 Å². The number of likely N-dealkylation sites (N-methyl/N-ethyl adjacent to an activating group) is 1. The van der Waals surface area contributed by atoms with Crippen molar-refractivity contribution in [3.63, 3.8) is 0 Å². The molecule has 1 unspecified atom stereocenters. The molecule has 2 rings (SSSR count). The average Bonchev–Trinajstić information content (AvgIpc) is 2.26. The molecule has 0 bridgehead atoms. The van der Waals surface area contributed by atoms with Gasteiger partial charge in [-0.05, 0) is 24.7 Å². The number of aliphatic hydroxyl groups is 1. The number of aliphatic hydroxyl groups excluding tert-OH is 1. The first-order valence-electron chi connectivity index (χ1n) is 5.52. The molecule has 16 heavy (non-hydrogen) atoms. The summed E-state index contributed by atoms with van der Waals surface area (Å²) in [6.45, 7) is 2.16. The van der Waals surface area contributed by atoms with Gasteiger partial charge in [-0.2, -0.15) is 0 Å². The lowest BCUT2D eigenvalue weighted by atomic mass is 10.1. The van der Waals surface area contributed by atoms with Crippen LogP contribution >= 0.6 is 0 Å². The quantitative estimate of drug-likeness (QED) is 0.773. The summed E-state index contributed by atoms with van der Waals surface area (Å²) < 4.78 is 5.76. The largest absolute Gasteiger partial charge is 0.488 e. The summed E-state index contributed by atoms with van der Waals surface area (Å²) in [5, 5.41) is 9.61. The smallest absolute Gasteiger partial charge is 0.124 e. The van der Waals surface area contributed by atoms with Gasteiger partial charge in [0.2, 0.25) is 0 Å². The molecule has 1 saturated heterocycles. The molecule has 1 aliphatic heterocycles. The van der Waals surface area contributed by atoms with Crippen LogP contribution in [0.4, 0.5) is 0 Å². The van der Waals surface area contributed by atoms with Gasteiger partial charge in [0.05, 0.1) is 6.10 Å². The fourth-order valence-corrected chi connectivity index (χ4v) is 1.84. The maximum atomic E-state index is 9.61. The Morgan fingerprint density at radius 2 is 2.31 bits per heavy atom. The van der Waals surface area contributed by atoms with E-state index in [4.69, 9.17) is 10.5 Å². The Hall–Kier alpha value is -1.10. The Morgan fingerprint density at radius 1 is 1.56 bits per heavy atom. The van der Waals surface area contributed by atoms with E-state index in [0.717, 1.165) is 24.4 Å². The zero-order valence-electron chi connectivity index (χ0n) is 9.47. The van der Waals surface area contributed by atoms with Crippen molar-refractivity contribution in [1.29, 1.82) is 0 Å². The average molecular weight is 222 g/mol. The van der Waals surface area contributed by atoms with E-state index < -0.39 is 6.10 Å². The molecule has 1 heterocycles. The Labute approximate surface area is 95.6 Å². The molecule has 0 amide bonds. The van der Waals surface area contributed by atoms with Gasteiger partial charge in [-0.15, -0.1) is 0 Å². The molecular weight excluding hydrogens is 204 g/mol. The fourth-order valence-electron chi connectivity index (χ4n) is 1.84. The predicted molar refractivity (Wildman–Crippen MR) is 62.4 cm³/mol. The summed E-state index contributed by atoms with van der Waals surface area (Å²) in [6, 6.07) is 7.50. The Kier molecular flexibility index (Phi) is 3.43. The van der Waals surface area contributed by atoms with Crippen LogP contribution in [0.2, 0.25) is 0 Å². The normalized spacial score (nSPS) is 19.2. The van der Waals surface area contributed by atoms with Gasteiger partial charge < -0.3 is 15.6 Å². The molecule has 1 atom stereocenters. The highest BCUT2D eigenvalue weighted by Gasteiger charge is 2.24. The van der Waals surface area contributed by atoms with Crippen LogP contribution < -0.4 is 10.5 Å². The summed E-state index contributed by atoms with van der Waals surface area (Å²) in [7, 11) is 2.06. The first-order chi connectivity index (χ1) is 7.69. The number of nitrogens with zero attached hydrogens (tertiary/aromatic N) is 1. The summed E-state index contributed by atoms with van der Waals surface area (Å²) in [4.78, 5) is 2.20. The zero-order chi connectivity index (χ0) is 11.5. The third-order valence-corrected chi connectivity index (χ3v) is 2.80. The summed E-state index contributed by atoms with van der Waals surface area (Å²) in [6.07, 6.45) is -0.331. The van der Waals surface area contributed by atoms with Crippen LogP contribution in [0.15, 0.2) is 24.3 Å². The van der Waals surface area contributed by atoms with Crippen LogP contribution in [0.5, 0.6) is 5.75 Å². The number of likely N-dealkylation sites (tertiary alicyclic amines) is 1. The van der Waals surface area contributed by atoms with Gasteiger partial charge in [-0.1, -0.05) is 12.1 Å². The van der Waals surface area contributed by atoms with Crippen molar-refractivity contribution < 1.29 is 9.84 Å². The minimum absolute atomic E-state index is 0.232. The molecule has 1 aromatic rings. The maximum absolute atomic E-state index is 9.61. The fraction of sp³-hybridized carbons (Fsp3) is 0.500. The first-order valence-corrected chi connectivity index (χ1v) is 5.52. The molecule has 0 saturated carbocycles. The number of benzene rings is 1. The second-order valence-electron chi connectivity index (χ2n) is 4.29. The van der Waals surface area contributed by atoms with Crippen LogP contribution in [-0.2, 0) is 0 Å². The third kappa shape index (κ3) is 2.52. The molecule has 1 aromatic carbocycles. The highest BCUT2D eigenvalue weighted by Crippen LogP contribution is 2.21. The second kappa shape index (κ2) is 4.82. The van der Waals surface area contributed by atoms with Crippen LogP contribution in [0, 0.1) is 0 Å². The van der Waals surface area contributed by atoms with E-state index in [2.05, 4.69) is 11.9 Å². The van der Waals surface area contributed by atoms with Crippen molar-refractivity contribution in [3.05, 3.63) is 29.8 Å². The zero-order valence-corrected chi connectivity index (χ0v) is 9.47. The van der Waals surface area contributed by atoms with Gasteiger partial charge in [-0.25, -0.2) is 0 Å². The summed E-state index contributed by atoms with van der Waals surface area (Å²) in [5.74, 6) is 0.808. The lowest BCUT2D eigenvalue weighted by molar-refractivity contribution is 0.0386. The molecule has 0 aliphatic carbocycles. The van der Waals surface area contributed by atoms with Gasteiger partial charge in [0.25, 0.3) is 0 Å². The molecule has 1 fully saturated rings. The molecule has 4 nitrogen and oxygen atoms in total. The molecule has 3 N–H and O–H groups in total. The van der Waals surface area contributed by atoms with Crippen LogP contribution in [-0.4, -0.2) is 42.8 Å². The SMILES string of the molecule is CN1CC(Oc2cccc(C(O)CN)c2)C1. The predicted octanol–water partition coefficient (Wildman–Crippen LogP) is 0.371. The van der Waals surface area contributed by atoms with E-state index in [1.54, 1.807) is 0 Å². The number of rotatable bonds is 4. The van der Waals surface area contributed by atoms with E-state index in [1.165, 1.54) is 0 Å². The van der Waals surface area contributed by atoms with E-state index in [9.17, 15) is 5.11 Å². The maximum Gasteiger partial charge on any atom is 0.124 e. The minimum atomic E-state index is -0.604. The number of ether oxygens (including phenoxy) is 1. The highest BCUT2D eigenvalue weighted by atomic mass is 16.5. The minimum Gasteiger partial charge on any atom is -0.488 e. The topological polar surface area (TPSA) is 58.7 Å². The number of nitrogens with two attached hydrogens (primary N) is 1. The second-order valence-corrected chi connectivity index (χ2v) is 4.29. The Balaban J connectivity index is 1.99. The van der Waals surface area contributed by atoms with Crippen molar-refractivity contribution in [3.8, 4) is 5.75 Å². The Bertz CT molecular complexity index is 351. The molecular formula is C12H18N2O2. The Morgan fingerprint density at radius 3 is 2.94 bits per heavy atom. The van der Waals surface area contributed by atoms with Gasteiger partial charge >= 0.3 is 0 Å². The van der Waals surface area contributed by atoms with Crippen molar-refractivity contribution in [2.45, 2.75) is 12.2 Å². The lowest BCUT2D eigenvalue weighted by Gasteiger charge is -2.36. The molecule has 4 heteroatoms. The standard InChI is InChI=1S/C12H18N2O2/c1-14-7-11(8-14)16-10-4-2-3-9(5-10)12(15)6-13/h2-5,11-12,15H,6-8,13H2,1H3. The summed E-state index contributed by atoms with van der Waals surface area (Å²) >= 11 is 0. The van der Waals surface area contributed by atoms with Crippen LogP contribution in [0.1, 0.15) is 11.7 Å². The molecule has 1 aliphatic rings. The molecule has 0 aromatic heterocycles. The highest BCUT2D eigenvalue weighted by molar-refractivity contribution is 5.30. The monoisotopic (exact) mass is 222 g/mol. The van der Waals surface area contributed by atoms with E-state index in [1.807, 2.05) is 24.3 Å². The molecule has 0 radical (unpaired) electrons. The van der Waals surface area contributed by atoms with Crippen molar-refractivity contribution in [1.82, 2.24) is 4.90 Å². The van der Waals surface area contributed by atoms with Gasteiger partial charge in [-0.3, -0.25) is 4.90 Å². The van der Waals surface area contributed by atoms with Crippen molar-refractivity contribution in [2.24, 2.45) is 5.73 Å². The van der Waals surface area contributed by atoms with E-state index in [-0.39, 0.29) is 12.6 Å². The number of hydrogen-bond acceptors (Lipinski definition) is 4. The van der Waals surface area contributed by atoms with E-state index in [0.29, 0.717) is 0 Å². The van der Waals surface area contributed by atoms with Crippen LogP contribution in [0.3, 0.4) is 0 Å². The lowest BCUT2D eigenvalue weighted by Crippen LogP contribution is -2.51. The molecule has 88 valence electrons. The number of hydrogen-bond donors (Lipinski definition) is 2. The van der Waals surface area contributed by atoms with Crippen molar-refractivity contribution >= 4 is 0 Å². The summed E-state index contributed by atoms with van der Waals surface area (Å²) in [5.41, 5.74) is 6.23. The molecule has 0 spiro atoms. The third-order valence-electron chi connectivity index (χ3n) is 2.80. The van der Waals surface area contributed by atoms with Gasteiger partial charge in [0, 0.05) is 19.6 Å². The van der Waals surface area contributed by atoms with Gasteiger partial charge in [0.15, 0.2) is 0 Å². The van der Waals surface area contributed by atoms with Crippen LogP contribution in [0.25, 0.3) is 0 Å². The van der Waals surface area contributed by atoms with Crippen molar-refractivity contribution in [2.75, 3.05) is 26.7 Å².